The predicted molar refractivity (Wildman–Crippen MR) is 165 cm³/mol. The lowest BCUT2D eigenvalue weighted by molar-refractivity contribution is -0.0100. The van der Waals surface area contributed by atoms with Crippen LogP contribution >= 0.6 is 0 Å². The van der Waals surface area contributed by atoms with E-state index in [1.807, 2.05) is 51.2 Å². The molecule has 0 saturated heterocycles. The average molecular weight is 585 g/mol. The van der Waals surface area contributed by atoms with E-state index >= 15 is 0 Å². The SMILES string of the molecule is CC.CN(CCOCCOCCOCCOCCOCCN)c1ccc(-c2cc(=O)c3ccc4[nH]cnc4c3o2)cc1. The Morgan fingerprint density at radius 1 is 0.810 bits per heavy atom. The van der Waals surface area contributed by atoms with Gasteiger partial charge in [-0.1, -0.05) is 13.8 Å². The van der Waals surface area contributed by atoms with E-state index in [9.17, 15) is 4.79 Å². The van der Waals surface area contributed by atoms with Crippen LogP contribution < -0.4 is 16.1 Å². The molecule has 2 aromatic carbocycles. The number of nitrogens with two attached hydrogens (primary N) is 1. The first kappa shape index (κ1) is 33.2. The summed E-state index contributed by atoms with van der Waals surface area (Å²) in [7, 11) is 2.01. The van der Waals surface area contributed by atoms with Crippen molar-refractivity contribution in [2.24, 2.45) is 5.73 Å². The number of nitrogens with zero attached hydrogens (tertiary/aromatic N) is 2. The number of likely N-dealkylation sites (N-methyl/N-ethyl adjacent to an activating group) is 1. The van der Waals surface area contributed by atoms with Gasteiger partial charge < -0.3 is 43.7 Å². The number of imidazole rings is 1. The molecule has 11 nitrogen and oxygen atoms in total. The summed E-state index contributed by atoms with van der Waals surface area (Å²) in [6, 6.07) is 13.0. The topological polar surface area (TPSA) is 134 Å². The molecule has 0 aliphatic carbocycles. The highest BCUT2D eigenvalue weighted by Gasteiger charge is 2.12. The number of hydrogen-bond acceptors (Lipinski definition) is 10. The number of rotatable bonds is 19. The van der Waals surface area contributed by atoms with Crippen LogP contribution in [0.25, 0.3) is 33.3 Å². The zero-order chi connectivity index (χ0) is 30.0. The largest absolute Gasteiger partial charge is 0.453 e. The third kappa shape index (κ3) is 10.2. The summed E-state index contributed by atoms with van der Waals surface area (Å²) >= 11 is 0. The molecule has 0 unspecified atom stereocenters. The first-order valence-electron chi connectivity index (χ1n) is 14.5. The highest BCUT2D eigenvalue weighted by Crippen LogP contribution is 2.27. The molecule has 3 N–H and O–H groups in total. The third-order valence-electron chi connectivity index (χ3n) is 6.20. The quantitative estimate of drug-likeness (QED) is 0.157. The zero-order valence-electron chi connectivity index (χ0n) is 24.9. The van der Waals surface area contributed by atoms with E-state index < -0.39 is 0 Å². The number of nitrogens with one attached hydrogen (secondary N) is 1. The van der Waals surface area contributed by atoms with Crippen LogP contribution in [0.5, 0.6) is 0 Å². The Bertz CT molecular complexity index is 1360. The Morgan fingerprint density at radius 2 is 1.38 bits per heavy atom. The molecule has 0 radical (unpaired) electrons. The normalized spacial score (nSPS) is 11.1. The van der Waals surface area contributed by atoms with Crippen molar-refractivity contribution in [3.05, 3.63) is 59.0 Å². The Balaban J connectivity index is 0.00000237. The number of anilines is 1. The van der Waals surface area contributed by atoms with E-state index in [0.717, 1.165) is 23.3 Å². The molecule has 11 heteroatoms. The van der Waals surface area contributed by atoms with Gasteiger partial charge in [-0.25, -0.2) is 4.98 Å². The number of aromatic nitrogens is 2. The van der Waals surface area contributed by atoms with Gasteiger partial charge in [0.1, 0.15) is 11.3 Å². The van der Waals surface area contributed by atoms with Crippen LogP contribution in [0.4, 0.5) is 5.69 Å². The Kier molecular flexibility index (Phi) is 15.0. The van der Waals surface area contributed by atoms with Crippen molar-refractivity contribution in [1.29, 1.82) is 0 Å². The van der Waals surface area contributed by atoms with Gasteiger partial charge in [0.15, 0.2) is 11.0 Å². The van der Waals surface area contributed by atoms with Crippen LogP contribution in [-0.4, -0.2) is 96.2 Å². The second-order valence-electron chi connectivity index (χ2n) is 9.03. The second-order valence-corrected chi connectivity index (χ2v) is 9.03. The summed E-state index contributed by atoms with van der Waals surface area (Å²) in [4.78, 5) is 22.2. The zero-order valence-corrected chi connectivity index (χ0v) is 24.9. The lowest BCUT2D eigenvalue weighted by Gasteiger charge is -2.19. The molecule has 0 atom stereocenters. The molecule has 0 aliphatic heterocycles. The minimum absolute atomic E-state index is 0.0955. The van der Waals surface area contributed by atoms with Gasteiger partial charge in [-0.3, -0.25) is 4.79 Å². The summed E-state index contributed by atoms with van der Waals surface area (Å²) in [5.74, 6) is 0.508. The maximum Gasteiger partial charge on any atom is 0.193 e. The fraction of sp³-hybridized carbons (Fsp3) is 0.484. The van der Waals surface area contributed by atoms with Crippen molar-refractivity contribution in [3.63, 3.8) is 0 Å². The molecule has 4 aromatic rings. The smallest absolute Gasteiger partial charge is 0.193 e. The predicted octanol–water partition coefficient (Wildman–Crippen LogP) is 3.84. The molecule has 0 fully saturated rings. The van der Waals surface area contributed by atoms with Gasteiger partial charge in [-0.2, -0.15) is 0 Å². The molecule has 4 rings (SSSR count). The molecule has 0 saturated carbocycles. The van der Waals surface area contributed by atoms with Gasteiger partial charge in [0.2, 0.25) is 0 Å². The summed E-state index contributed by atoms with van der Waals surface area (Å²) in [5.41, 5.74) is 9.06. The van der Waals surface area contributed by atoms with Gasteiger partial charge in [0.25, 0.3) is 0 Å². The van der Waals surface area contributed by atoms with Gasteiger partial charge >= 0.3 is 0 Å². The summed E-state index contributed by atoms with van der Waals surface area (Å²) < 4.78 is 33.4. The molecular formula is C31H44N4O7. The third-order valence-corrected chi connectivity index (χ3v) is 6.20. The molecule has 230 valence electrons. The van der Waals surface area contributed by atoms with E-state index in [1.165, 1.54) is 6.07 Å². The number of H-pyrrole nitrogens is 1. The first-order chi connectivity index (χ1) is 20.7. The molecule has 0 aliphatic rings. The Hall–Kier alpha value is -3.32. The van der Waals surface area contributed by atoms with Crippen molar-refractivity contribution in [1.82, 2.24) is 9.97 Å². The monoisotopic (exact) mass is 584 g/mol. The van der Waals surface area contributed by atoms with Gasteiger partial charge in [-0.05, 0) is 36.4 Å². The van der Waals surface area contributed by atoms with Crippen LogP contribution in [-0.2, 0) is 23.7 Å². The van der Waals surface area contributed by atoms with Gasteiger partial charge in [0.05, 0.1) is 83.3 Å². The minimum atomic E-state index is -0.0955. The van der Waals surface area contributed by atoms with E-state index in [2.05, 4.69) is 14.9 Å². The molecule has 2 aromatic heterocycles. The Labute approximate surface area is 246 Å². The molecule has 42 heavy (non-hydrogen) atoms. The standard InChI is InChI=1S/C29H38N4O7.C2H6/c1-33(9-11-36-13-15-38-17-19-39-18-16-37-14-12-35-10-8-30)23-4-2-22(3-5-23)27-20-26(34)24-6-7-25-28(29(24)40-27)32-21-31-25;1-2/h2-7,20-21H,8-19,30H2,1H3,(H,31,32);1-2H3. The number of aromatic amines is 1. The van der Waals surface area contributed by atoms with Crippen LogP contribution in [0.2, 0.25) is 0 Å². The molecule has 0 spiro atoms. The number of hydrogen-bond donors (Lipinski definition) is 2. The maximum absolute atomic E-state index is 12.7. The van der Waals surface area contributed by atoms with Crippen molar-refractivity contribution in [2.75, 3.05) is 91.1 Å². The van der Waals surface area contributed by atoms with Crippen LogP contribution in [0.1, 0.15) is 13.8 Å². The average Bonchev–Trinajstić information content (AvgIpc) is 3.51. The van der Waals surface area contributed by atoms with E-state index in [-0.39, 0.29) is 5.43 Å². The summed E-state index contributed by atoms with van der Waals surface area (Å²) in [5, 5.41) is 0.514. The number of fused-ring (bicyclic) bond motifs is 3. The van der Waals surface area contributed by atoms with E-state index in [4.69, 9.17) is 33.8 Å². The van der Waals surface area contributed by atoms with Crippen molar-refractivity contribution in [3.8, 4) is 11.3 Å². The van der Waals surface area contributed by atoms with Crippen molar-refractivity contribution in [2.45, 2.75) is 13.8 Å². The first-order valence-corrected chi connectivity index (χ1v) is 14.5. The van der Waals surface area contributed by atoms with Crippen molar-refractivity contribution < 1.29 is 28.1 Å². The minimum Gasteiger partial charge on any atom is -0.453 e. The molecule has 0 bridgehead atoms. The Morgan fingerprint density at radius 3 is 1.98 bits per heavy atom. The lowest BCUT2D eigenvalue weighted by atomic mass is 10.1. The maximum atomic E-state index is 12.7. The fourth-order valence-corrected chi connectivity index (χ4v) is 4.03. The van der Waals surface area contributed by atoms with Crippen LogP contribution in [0, 0.1) is 0 Å². The van der Waals surface area contributed by atoms with Crippen LogP contribution in [0.3, 0.4) is 0 Å². The highest BCUT2D eigenvalue weighted by atomic mass is 16.6. The number of benzene rings is 2. The second kappa shape index (κ2) is 19.0. The lowest BCUT2D eigenvalue weighted by Crippen LogP contribution is -2.23. The van der Waals surface area contributed by atoms with Gasteiger partial charge in [0, 0.05) is 37.5 Å². The van der Waals surface area contributed by atoms with Gasteiger partial charge in [-0.15, -0.1) is 0 Å². The number of ether oxygens (including phenoxy) is 5. The fourth-order valence-electron chi connectivity index (χ4n) is 4.03. The summed E-state index contributed by atoms with van der Waals surface area (Å²) in [6.07, 6.45) is 1.59. The summed E-state index contributed by atoms with van der Waals surface area (Å²) in [6.45, 7) is 10.6. The molecule has 2 heterocycles. The van der Waals surface area contributed by atoms with E-state index in [1.54, 1.807) is 12.4 Å². The molecular weight excluding hydrogens is 540 g/mol. The molecule has 0 amide bonds. The highest BCUT2D eigenvalue weighted by molar-refractivity contribution is 6.00. The van der Waals surface area contributed by atoms with Crippen LogP contribution in [0.15, 0.2) is 58.0 Å². The van der Waals surface area contributed by atoms with E-state index in [0.29, 0.717) is 94.9 Å². The van der Waals surface area contributed by atoms with Crippen molar-refractivity contribution >= 4 is 27.7 Å².